The highest BCUT2D eigenvalue weighted by Gasteiger charge is 2.34. The fraction of sp³-hybridized carbons (Fsp3) is 0.571. The lowest BCUT2D eigenvalue weighted by Crippen LogP contribution is -2.53. The fourth-order valence-electron chi connectivity index (χ4n) is 3.06. The van der Waals surface area contributed by atoms with Gasteiger partial charge < -0.3 is 10.2 Å². The predicted octanol–water partition coefficient (Wildman–Crippen LogP) is 1.77. The van der Waals surface area contributed by atoms with Gasteiger partial charge in [0.05, 0.1) is 5.56 Å². The topological polar surface area (TPSA) is 52.0 Å². The molecule has 0 radical (unpaired) electrons. The van der Waals surface area contributed by atoms with Crippen LogP contribution in [0.2, 0.25) is 0 Å². The van der Waals surface area contributed by atoms with Crippen molar-refractivity contribution in [3.05, 3.63) is 23.4 Å². The number of anilines is 1. The summed E-state index contributed by atoms with van der Waals surface area (Å²) in [5.74, 6) is 1.50. The Morgan fingerprint density at radius 3 is 2.78 bits per heavy atom. The summed E-state index contributed by atoms with van der Waals surface area (Å²) in [5, 5.41) is 12.6. The molecule has 94 valence electrons. The first-order chi connectivity index (χ1) is 8.76. The summed E-state index contributed by atoms with van der Waals surface area (Å²) in [6, 6.07) is 6.41. The highest BCUT2D eigenvalue weighted by Crippen LogP contribution is 2.30. The van der Waals surface area contributed by atoms with Crippen molar-refractivity contribution in [3.8, 4) is 6.07 Å². The second-order valence-electron chi connectivity index (χ2n) is 5.35. The summed E-state index contributed by atoms with van der Waals surface area (Å²) in [6.07, 6.45) is 2.54. The lowest BCUT2D eigenvalue weighted by molar-refractivity contribution is 0.0973. The molecule has 18 heavy (non-hydrogen) atoms. The van der Waals surface area contributed by atoms with Crippen molar-refractivity contribution in [2.75, 3.05) is 25.0 Å². The van der Waals surface area contributed by atoms with E-state index in [-0.39, 0.29) is 0 Å². The first kappa shape index (κ1) is 11.5. The molecule has 3 aliphatic rings. The summed E-state index contributed by atoms with van der Waals surface area (Å²) in [4.78, 5) is 6.97. The summed E-state index contributed by atoms with van der Waals surface area (Å²) in [7, 11) is 0. The number of nitrogens with one attached hydrogen (secondary N) is 1. The molecule has 4 heteroatoms. The third-order valence-corrected chi connectivity index (χ3v) is 4.13. The lowest BCUT2D eigenvalue weighted by atomic mass is 9.84. The molecule has 3 saturated heterocycles. The zero-order valence-corrected chi connectivity index (χ0v) is 10.7. The van der Waals surface area contributed by atoms with E-state index in [2.05, 4.69) is 21.3 Å². The number of fused-ring (bicyclic) bond motifs is 3. The summed E-state index contributed by atoms with van der Waals surface area (Å²) in [5.41, 5.74) is 1.61. The molecular formula is C14H18N4. The quantitative estimate of drug-likeness (QED) is 0.858. The second kappa shape index (κ2) is 4.58. The smallest absolute Gasteiger partial charge is 0.144 e. The summed E-state index contributed by atoms with van der Waals surface area (Å²) >= 11 is 0. The minimum Gasteiger partial charge on any atom is -0.365 e. The largest absolute Gasteiger partial charge is 0.365 e. The lowest BCUT2D eigenvalue weighted by Gasteiger charge is -2.45. The molecule has 0 aliphatic carbocycles. The van der Waals surface area contributed by atoms with Gasteiger partial charge in [0.25, 0.3) is 0 Å². The molecule has 4 heterocycles. The number of piperidine rings is 3. The Bertz CT molecular complexity index is 483. The van der Waals surface area contributed by atoms with Gasteiger partial charge in [0.1, 0.15) is 11.9 Å². The molecule has 0 amide bonds. The van der Waals surface area contributed by atoms with Crippen molar-refractivity contribution in [2.45, 2.75) is 25.8 Å². The van der Waals surface area contributed by atoms with E-state index in [9.17, 15) is 0 Å². The maximum Gasteiger partial charge on any atom is 0.144 e. The normalized spacial score (nSPS) is 29.9. The Labute approximate surface area is 108 Å². The van der Waals surface area contributed by atoms with Gasteiger partial charge in [0.15, 0.2) is 0 Å². The van der Waals surface area contributed by atoms with Crippen LogP contribution in [-0.2, 0) is 0 Å². The van der Waals surface area contributed by atoms with E-state index >= 15 is 0 Å². The van der Waals surface area contributed by atoms with Crippen LogP contribution in [-0.4, -0.2) is 35.6 Å². The Balaban J connectivity index is 1.80. The molecule has 1 aromatic rings. The number of nitrogens with zero attached hydrogens (tertiary/aromatic N) is 3. The number of aryl methyl sites for hydroxylation is 1. The van der Waals surface area contributed by atoms with Crippen LogP contribution < -0.4 is 5.32 Å². The van der Waals surface area contributed by atoms with Gasteiger partial charge in [0, 0.05) is 18.3 Å². The van der Waals surface area contributed by atoms with Gasteiger partial charge in [-0.05, 0) is 50.9 Å². The third kappa shape index (κ3) is 2.06. The van der Waals surface area contributed by atoms with E-state index < -0.39 is 0 Å². The van der Waals surface area contributed by atoms with Gasteiger partial charge in [0.2, 0.25) is 0 Å². The standard InChI is InChI=1S/C14H18N4/c1-10-2-3-12(8-15)14(16-10)17-13-9-18-6-4-11(13)5-7-18/h2-3,11,13H,4-7,9H2,1H3,(H,16,17). The minimum absolute atomic E-state index is 0.453. The molecule has 3 aliphatic heterocycles. The van der Waals surface area contributed by atoms with Gasteiger partial charge in [-0.25, -0.2) is 4.98 Å². The molecule has 1 N–H and O–H groups in total. The Morgan fingerprint density at radius 2 is 2.17 bits per heavy atom. The molecular weight excluding hydrogens is 224 g/mol. The van der Waals surface area contributed by atoms with Gasteiger partial charge in [-0.15, -0.1) is 0 Å². The molecule has 4 nitrogen and oxygen atoms in total. The first-order valence-electron chi connectivity index (χ1n) is 6.63. The first-order valence-corrected chi connectivity index (χ1v) is 6.63. The van der Waals surface area contributed by atoms with Crippen LogP contribution in [0.3, 0.4) is 0 Å². The van der Waals surface area contributed by atoms with Crippen LogP contribution in [0.4, 0.5) is 5.82 Å². The van der Waals surface area contributed by atoms with Gasteiger partial charge in [-0.2, -0.15) is 5.26 Å². The minimum atomic E-state index is 0.453. The number of hydrogen-bond acceptors (Lipinski definition) is 4. The van der Waals surface area contributed by atoms with Crippen LogP contribution in [0.25, 0.3) is 0 Å². The molecule has 4 rings (SSSR count). The van der Waals surface area contributed by atoms with E-state index in [4.69, 9.17) is 5.26 Å². The van der Waals surface area contributed by atoms with Crippen molar-refractivity contribution in [1.29, 1.82) is 5.26 Å². The number of hydrogen-bond donors (Lipinski definition) is 1. The Kier molecular flexibility index (Phi) is 2.92. The maximum atomic E-state index is 9.13. The van der Waals surface area contributed by atoms with Crippen LogP contribution in [0.5, 0.6) is 0 Å². The van der Waals surface area contributed by atoms with Crippen molar-refractivity contribution < 1.29 is 0 Å². The molecule has 0 saturated carbocycles. The van der Waals surface area contributed by atoms with Crippen molar-refractivity contribution in [2.24, 2.45) is 5.92 Å². The third-order valence-electron chi connectivity index (χ3n) is 4.13. The number of aromatic nitrogens is 1. The van der Waals surface area contributed by atoms with Crippen molar-refractivity contribution in [1.82, 2.24) is 9.88 Å². The van der Waals surface area contributed by atoms with Crippen LogP contribution in [0, 0.1) is 24.2 Å². The zero-order valence-electron chi connectivity index (χ0n) is 10.7. The SMILES string of the molecule is Cc1ccc(C#N)c(NC2CN3CCC2CC3)n1. The number of pyridine rings is 1. The molecule has 2 bridgehead atoms. The highest BCUT2D eigenvalue weighted by atomic mass is 15.2. The Hall–Kier alpha value is -1.60. The van der Waals surface area contributed by atoms with Gasteiger partial charge in [-0.1, -0.05) is 0 Å². The van der Waals surface area contributed by atoms with Crippen molar-refractivity contribution in [3.63, 3.8) is 0 Å². The fourth-order valence-corrected chi connectivity index (χ4v) is 3.06. The van der Waals surface area contributed by atoms with E-state index in [1.165, 1.54) is 25.9 Å². The van der Waals surface area contributed by atoms with Crippen LogP contribution in [0.15, 0.2) is 12.1 Å². The maximum absolute atomic E-state index is 9.13. The van der Waals surface area contributed by atoms with E-state index in [0.29, 0.717) is 11.6 Å². The van der Waals surface area contributed by atoms with Crippen molar-refractivity contribution >= 4 is 5.82 Å². The summed E-state index contributed by atoms with van der Waals surface area (Å²) in [6.45, 7) is 5.51. The Morgan fingerprint density at radius 1 is 1.39 bits per heavy atom. The molecule has 1 atom stereocenters. The molecule has 0 spiro atoms. The summed E-state index contributed by atoms with van der Waals surface area (Å²) < 4.78 is 0. The van der Waals surface area contributed by atoms with Gasteiger partial charge >= 0.3 is 0 Å². The van der Waals surface area contributed by atoms with Gasteiger partial charge in [-0.3, -0.25) is 0 Å². The average molecular weight is 242 g/mol. The number of nitriles is 1. The average Bonchev–Trinajstić information content (AvgIpc) is 2.40. The molecule has 3 fully saturated rings. The molecule has 1 unspecified atom stereocenters. The molecule has 0 aromatic carbocycles. The zero-order chi connectivity index (χ0) is 12.5. The van der Waals surface area contributed by atoms with E-state index in [0.717, 1.165) is 24.0 Å². The molecule has 1 aromatic heterocycles. The van der Waals surface area contributed by atoms with E-state index in [1.54, 1.807) is 0 Å². The predicted molar refractivity (Wildman–Crippen MR) is 70.3 cm³/mol. The highest BCUT2D eigenvalue weighted by molar-refractivity contribution is 5.53. The number of rotatable bonds is 2. The van der Waals surface area contributed by atoms with Crippen LogP contribution in [0.1, 0.15) is 24.1 Å². The van der Waals surface area contributed by atoms with E-state index in [1.807, 2.05) is 19.1 Å². The van der Waals surface area contributed by atoms with Crippen LogP contribution >= 0.6 is 0 Å². The second-order valence-corrected chi connectivity index (χ2v) is 5.35. The monoisotopic (exact) mass is 242 g/mol.